The monoisotopic (exact) mass is 341 g/mol. The molecule has 2 aromatic rings. The van der Waals surface area contributed by atoms with Gasteiger partial charge in [0.05, 0.1) is 0 Å². The molecule has 0 heterocycles. The molecular formula is C20H27N3O2. The minimum absolute atomic E-state index is 0.193. The Labute approximate surface area is 150 Å². The molecule has 2 rings (SSSR count). The zero-order chi connectivity index (χ0) is 17.9. The van der Waals surface area contributed by atoms with Crippen LogP contribution in [0.15, 0.2) is 54.6 Å². The molecule has 2 N–H and O–H groups in total. The summed E-state index contributed by atoms with van der Waals surface area (Å²) >= 11 is 0. The number of hydrogen-bond donors (Lipinski definition) is 2. The molecule has 0 atom stereocenters. The Morgan fingerprint density at radius 2 is 1.80 bits per heavy atom. The summed E-state index contributed by atoms with van der Waals surface area (Å²) in [6.07, 6.45) is 0.810. The Morgan fingerprint density at radius 3 is 2.48 bits per heavy atom. The first-order chi connectivity index (χ1) is 12.2. The minimum atomic E-state index is -0.193. The van der Waals surface area contributed by atoms with Crippen molar-refractivity contribution >= 4 is 17.4 Å². The fraction of sp³-hybridized carbons (Fsp3) is 0.350. The zero-order valence-electron chi connectivity index (χ0n) is 15.0. The predicted octanol–water partition coefficient (Wildman–Crippen LogP) is 3.87. The smallest absolute Gasteiger partial charge is 0.319 e. The molecule has 0 fully saturated rings. The van der Waals surface area contributed by atoms with E-state index in [-0.39, 0.29) is 6.03 Å². The summed E-state index contributed by atoms with van der Waals surface area (Å²) in [4.78, 5) is 14.0. The average Bonchev–Trinajstić information content (AvgIpc) is 2.63. The highest BCUT2D eigenvalue weighted by Crippen LogP contribution is 2.18. The van der Waals surface area contributed by atoms with Crippen LogP contribution in [0, 0.1) is 0 Å². The molecular weight excluding hydrogens is 314 g/mol. The third-order valence-electron chi connectivity index (χ3n) is 3.78. The van der Waals surface area contributed by atoms with E-state index in [1.165, 1.54) is 5.56 Å². The summed E-state index contributed by atoms with van der Waals surface area (Å²) < 4.78 is 5.24. The Kier molecular flexibility index (Phi) is 7.79. The maximum atomic E-state index is 11.8. The van der Waals surface area contributed by atoms with Crippen LogP contribution >= 0.6 is 0 Å². The highest BCUT2D eigenvalue weighted by atomic mass is 16.5. The molecule has 0 aromatic heterocycles. The van der Waals surface area contributed by atoms with E-state index in [0.717, 1.165) is 24.3 Å². The Balaban J connectivity index is 1.78. The fourth-order valence-electron chi connectivity index (χ4n) is 2.44. The summed E-state index contributed by atoms with van der Waals surface area (Å²) in [7, 11) is 2.06. The van der Waals surface area contributed by atoms with Gasteiger partial charge in [0.2, 0.25) is 0 Å². The normalized spacial score (nSPS) is 10.3. The molecule has 0 spiro atoms. The van der Waals surface area contributed by atoms with Gasteiger partial charge in [0.25, 0.3) is 0 Å². The topological polar surface area (TPSA) is 53.6 Å². The zero-order valence-corrected chi connectivity index (χ0v) is 15.0. The van der Waals surface area contributed by atoms with Gasteiger partial charge in [-0.1, -0.05) is 30.3 Å². The van der Waals surface area contributed by atoms with E-state index < -0.39 is 0 Å². The molecule has 0 saturated carbocycles. The third kappa shape index (κ3) is 6.85. The molecule has 5 nitrogen and oxygen atoms in total. The first-order valence-corrected chi connectivity index (χ1v) is 8.66. The van der Waals surface area contributed by atoms with Gasteiger partial charge in [0.15, 0.2) is 0 Å². The summed E-state index contributed by atoms with van der Waals surface area (Å²) in [5, 5.41) is 5.66. The lowest BCUT2D eigenvalue weighted by Crippen LogP contribution is -2.30. The molecule has 0 radical (unpaired) electrons. The fourth-order valence-corrected chi connectivity index (χ4v) is 2.44. The lowest BCUT2D eigenvalue weighted by molar-refractivity contribution is 0.145. The number of urea groups is 1. The predicted molar refractivity (Wildman–Crippen MR) is 103 cm³/mol. The number of carbonyl (C=O) groups is 1. The molecule has 0 aliphatic carbocycles. The van der Waals surface area contributed by atoms with E-state index in [1.807, 2.05) is 49.4 Å². The van der Waals surface area contributed by atoms with E-state index in [4.69, 9.17) is 4.74 Å². The van der Waals surface area contributed by atoms with Crippen molar-refractivity contribution in [3.05, 3.63) is 60.2 Å². The number of carbonyl (C=O) groups excluding carboxylic acids is 1. The Morgan fingerprint density at radius 1 is 1.08 bits per heavy atom. The van der Waals surface area contributed by atoms with E-state index in [9.17, 15) is 4.79 Å². The second-order valence-corrected chi connectivity index (χ2v) is 5.82. The highest BCUT2D eigenvalue weighted by Gasteiger charge is 2.04. The second kappa shape index (κ2) is 10.4. The van der Waals surface area contributed by atoms with Gasteiger partial charge in [-0.05, 0) is 43.2 Å². The van der Waals surface area contributed by atoms with Gasteiger partial charge in [0.1, 0.15) is 0 Å². The molecule has 134 valence electrons. The molecule has 0 saturated heterocycles. The van der Waals surface area contributed by atoms with Crippen molar-refractivity contribution in [1.82, 2.24) is 5.32 Å². The number of benzene rings is 2. The third-order valence-corrected chi connectivity index (χ3v) is 3.78. The van der Waals surface area contributed by atoms with Crippen molar-refractivity contribution in [2.45, 2.75) is 19.9 Å². The first kappa shape index (κ1) is 18.8. The molecule has 2 aromatic carbocycles. The van der Waals surface area contributed by atoms with Crippen LogP contribution in [-0.4, -0.2) is 32.8 Å². The number of amides is 2. The van der Waals surface area contributed by atoms with Crippen LogP contribution in [0.2, 0.25) is 0 Å². The van der Waals surface area contributed by atoms with Crippen LogP contribution in [-0.2, 0) is 11.3 Å². The average molecular weight is 341 g/mol. The van der Waals surface area contributed by atoms with Crippen LogP contribution in [0.5, 0.6) is 0 Å². The quantitative estimate of drug-likeness (QED) is 0.681. The van der Waals surface area contributed by atoms with Crippen LogP contribution in [0.4, 0.5) is 16.2 Å². The van der Waals surface area contributed by atoms with E-state index >= 15 is 0 Å². The highest BCUT2D eigenvalue weighted by molar-refractivity contribution is 5.89. The molecule has 25 heavy (non-hydrogen) atoms. The number of hydrogen-bond acceptors (Lipinski definition) is 3. The summed E-state index contributed by atoms with van der Waals surface area (Å²) in [5.41, 5.74) is 3.14. The lowest BCUT2D eigenvalue weighted by atomic mass is 10.2. The van der Waals surface area contributed by atoms with E-state index in [2.05, 4.69) is 34.7 Å². The maximum absolute atomic E-state index is 11.8. The number of ether oxygens (including phenoxy) is 1. The molecule has 0 aliphatic rings. The van der Waals surface area contributed by atoms with E-state index in [0.29, 0.717) is 19.8 Å². The van der Waals surface area contributed by atoms with Gasteiger partial charge in [0, 0.05) is 44.7 Å². The first-order valence-electron chi connectivity index (χ1n) is 8.66. The molecule has 2 amide bonds. The SMILES string of the molecule is CCOCCCNC(=O)Nc1ccc(N(C)Cc2ccccc2)cc1. The van der Waals surface area contributed by atoms with Gasteiger partial charge in [-0.15, -0.1) is 0 Å². The van der Waals surface area contributed by atoms with Crippen molar-refractivity contribution in [2.24, 2.45) is 0 Å². The molecule has 0 aliphatic heterocycles. The van der Waals surface area contributed by atoms with Crippen LogP contribution in [0.1, 0.15) is 18.9 Å². The van der Waals surface area contributed by atoms with Crippen molar-refractivity contribution < 1.29 is 9.53 Å². The standard InChI is InChI=1S/C20H27N3O2/c1-3-25-15-7-14-21-20(24)22-18-10-12-19(13-11-18)23(2)16-17-8-5-4-6-9-17/h4-6,8-13H,3,7,14-16H2,1-2H3,(H2,21,22,24). The summed E-state index contributed by atoms with van der Waals surface area (Å²) in [6.45, 7) is 4.77. The van der Waals surface area contributed by atoms with Gasteiger partial charge >= 0.3 is 6.03 Å². The maximum Gasteiger partial charge on any atom is 0.319 e. The van der Waals surface area contributed by atoms with Gasteiger partial charge in [-0.2, -0.15) is 0 Å². The lowest BCUT2D eigenvalue weighted by Gasteiger charge is -2.20. The van der Waals surface area contributed by atoms with Crippen LogP contribution < -0.4 is 15.5 Å². The Hall–Kier alpha value is -2.53. The number of anilines is 2. The van der Waals surface area contributed by atoms with Gasteiger partial charge in [-0.3, -0.25) is 0 Å². The molecule has 5 heteroatoms. The van der Waals surface area contributed by atoms with Crippen molar-refractivity contribution in [3.8, 4) is 0 Å². The summed E-state index contributed by atoms with van der Waals surface area (Å²) in [5.74, 6) is 0. The molecule has 0 unspecified atom stereocenters. The van der Waals surface area contributed by atoms with Gasteiger partial charge in [-0.25, -0.2) is 4.79 Å². The number of nitrogens with zero attached hydrogens (tertiary/aromatic N) is 1. The van der Waals surface area contributed by atoms with Gasteiger partial charge < -0.3 is 20.3 Å². The van der Waals surface area contributed by atoms with Crippen LogP contribution in [0.3, 0.4) is 0 Å². The number of nitrogens with one attached hydrogen (secondary N) is 2. The van der Waals surface area contributed by atoms with Crippen molar-refractivity contribution in [1.29, 1.82) is 0 Å². The second-order valence-electron chi connectivity index (χ2n) is 5.82. The van der Waals surface area contributed by atoms with Crippen molar-refractivity contribution in [2.75, 3.05) is 37.0 Å². The minimum Gasteiger partial charge on any atom is -0.382 e. The van der Waals surface area contributed by atoms with Crippen molar-refractivity contribution in [3.63, 3.8) is 0 Å². The number of rotatable bonds is 9. The van der Waals surface area contributed by atoms with Crippen LogP contribution in [0.25, 0.3) is 0 Å². The largest absolute Gasteiger partial charge is 0.382 e. The Bertz CT molecular complexity index is 629. The summed E-state index contributed by atoms with van der Waals surface area (Å²) in [6, 6.07) is 18.0. The van der Waals surface area contributed by atoms with E-state index in [1.54, 1.807) is 0 Å². The molecule has 0 bridgehead atoms.